The van der Waals surface area contributed by atoms with E-state index in [4.69, 9.17) is 21.1 Å². The first-order chi connectivity index (χ1) is 13.5. The number of nitrogens with one attached hydrogen (secondary N) is 2. The molecule has 0 spiro atoms. The van der Waals surface area contributed by atoms with Gasteiger partial charge in [-0.25, -0.2) is 0 Å². The van der Waals surface area contributed by atoms with Gasteiger partial charge in [-0.05, 0) is 56.0 Å². The molecular formula is C21H23ClN2O4. The van der Waals surface area contributed by atoms with Crippen molar-refractivity contribution in [3.8, 4) is 11.5 Å². The Morgan fingerprint density at radius 3 is 2.61 bits per heavy atom. The molecule has 3 rings (SSSR count). The van der Waals surface area contributed by atoms with Gasteiger partial charge in [0, 0.05) is 11.7 Å². The molecule has 0 heterocycles. The van der Waals surface area contributed by atoms with Crippen molar-refractivity contribution >= 4 is 29.1 Å². The molecule has 0 radical (unpaired) electrons. The minimum atomic E-state index is -0.359. The van der Waals surface area contributed by atoms with Gasteiger partial charge in [-0.1, -0.05) is 23.7 Å². The molecule has 0 saturated heterocycles. The molecule has 1 aliphatic rings. The molecule has 1 aliphatic carbocycles. The lowest BCUT2D eigenvalue weighted by Crippen LogP contribution is -2.34. The molecule has 0 bridgehead atoms. The predicted molar refractivity (Wildman–Crippen MR) is 108 cm³/mol. The van der Waals surface area contributed by atoms with Gasteiger partial charge in [0.25, 0.3) is 11.8 Å². The van der Waals surface area contributed by atoms with E-state index in [1.54, 1.807) is 42.5 Å². The Kier molecular flexibility index (Phi) is 6.41. The first-order valence-corrected chi connectivity index (χ1v) is 9.52. The zero-order valence-corrected chi connectivity index (χ0v) is 16.6. The van der Waals surface area contributed by atoms with Gasteiger partial charge in [0.1, 0.15) is 11.5 Å². The van der Waals surface area contributed by atoms with Crippen LogP contribution in [0.3, 0.4) is 0 Å². The highest BCUT2D eigenvalue weighted by atomic mass is 35.5. The second-order valence-corrected chi connectivity index (χ2v) is 7.19. The van der Waals surface area contributed by atoms with E-state index in [0.29, 0.717) is 33.7 Å². The highest BCUT2D eigenvalue weighted by Gasteiger charge is 2.29. The van der Waals surface area contributed by atoms with Crippen molar-refractivity contribution in [1.29, 1.82) is 0 Å². The molecule has 1 saturated carbocycles. The highest BCUT2D eigenvalue weighted by Crippen LogP contribution is 2.32. The number of anilines is 1. The third-order valence-electron chi connectivity index (χ3n) is 4.61. The SMILES string of the molecule is COc1ccc(NC(=O)COc2ccccc2C(=O)N[C@@H](C)C2CC2)cc1Cl. The summed E-state index contributed by atoms with van der Waals surface area (Å²) >= 11 is 6.06. The summed E-state index contributed by atoms with van der Waals surface area (Å²) < 4.78 is 10.7. The van der Waals surface area contributed by atoms with Crippen molar-refractivity contribution in [3.05, 3.63) is 53.1 Å². The lowest BCUT2D eigenvalue weighted by Gasteiger charge is -2.15. The van der Waals surface area contributed by atoms with Gasteiger partial charge in [0.15, 0.2) is 6.61 Å². The van der Waals surface area contributed by atoms with E-state index in [1.165, 1.54) is 7.11 Å². The number of carbonyl (C=O) groups is 2. The number of halogens is 1. The zero-order chi connectivity index (χ0) is 20.1. The van der Waals surface area contributed by atoms with Crippen LogP contribution < -0.4 is 20.1 Å². The molecule has 6 nitrogen and oxygen atoms in total. The number of rotatable bonds is 8. The minimum Gasteiger partial charge on any atom is -0.495 e. The van der Waals surface area contributed by atoms with E-state index in [1.807, 2.05) is 6.92 Å². The van der Waals surface area contributed by atoms with Gasteiger partial charge < -0.3 is 20.1 Å². The number of methoxy groups -OCH3 is 1. The summed E-state index contributed by atoms with van der Waals surface area (Å²) in [5.41, 5.74) is 0.943. The van der Waals surface area contributed by atoms with Crippen molar-refractivity contribution in [2.75, 3.05) is 19.0 Å². The molecule has 0 unspecified atom stereocenters. The maximum absolute atomic E-state index is 12.5. The quantitative estimate of drug-likeness (QED) is 0.702. The molecule has 0 aliphatic heterocycles. The zero-order valence-electron chi connectivity index (χ0n) is 15.8. The summed E-state index contributed by atoms with van der Waals surface area (Å²) in [6, 6.07) is 12.0. The van der Waals surface area contributed by atoms with E-state index in [9.17, 15) is 9.59 Å². The van der Waals surface area contributed by atoms with Crippen molar-refractivity contribution in [3.63, 3.8) is 0 Å². The Labute approximate surface area is 169 Å². The Bertz CT molecular complexity index is 867. The summed E-state index contributed by atoms with van der Waals surface area (Å²) in [7, 11) is 1.52. The number of ether oxygens (including phenoxy) is 2. The highest BCUT2D eigenvalue weighted by molar-refractivity contribution is 6.32. The average Bonchev–Trinajstić information content (AvgIpc) is 3.52. The topological polar surface area (TPSA) is 76.7 Å². The number of hydrogen-bond donors (Lipinski definition) is 2. The Morgan fingerprint density at radius 2 is 1.93 bits per heavy atom. The van der Waals surface area contributed by atoms with E-state index in [-0.39, 0.29) is 24.5 Å². The van der Waals surface area contributed by atoms with Crippen LogP contribution in [0.2, 0.25) is 5.02 Å². The summed E-state index contributed by atoms with van der Waals surface area (Å²) in [6.07, 6.45) is 2.30. The van der Waals surface area contributed by atoms with Crippen molar-refractivity contribution in [2.24, 2.45) is 5.92 Å². The minimum absolute atomic E-state index is 0.128. The van der Waals surface area contributed by atoms with Gasteiger partial charge in [-0.15, -0.1) is 0 Å². The predicted octanol–water partition coefficient (Wildman–Crippen LogP) is 3.89. The first kappa shape index (κ1) is 20.0. The van der Waals surface area contributed by atoms with Crippen LogP contribution in [-0.4, -0.2) is 31.6 Å². The smallest absolute Gasteiger partial charge is 0.262 e. The van der Waals surface area contributed by atoms with Crippen molar-refractivity contribution in [2.45, 2.75) is 25.8 Å². The standard InChI is InChI=1S/C21H23ClN2O4/c1-13(14-7-8-14)23-21(26)16-5-3-4-6-18(16)28-12-20(25)24-15-9-10-19(27-2)17(22)11-15/h3-6,9-11,13-14H,7-8,12H2,1-2H3,(H,23,26)(H,24,25)/t13-/m0/s1. The maximum Gasteiger partial charge on any atom is 0.262 e. The molecule has 2 N–H and O–H groups in total. The van der Waals surface area contributed by atoms with Crippen LogP contribution in [0.25, 0.3) is 0 Å². The Balaban J connectivity index is 1.58. The lowest BCUT2D eigenvalue weighted by molar-refractivity contribution is -0.118. The van der Waals surface area contributed by atoms with Gasteiger partial charge >= 0.3 is 0 Å². The molecule has 28 heavy (non-hydrogen) atoms. The molecule has 2 aromatic rings. The normalized spacial score (nSPS) is 14.1. The van der Waals surface area contributed by atoms with Crippen molar-refractivity contribution < 1.29 is 19.1 Å². The van der Waals surface area contributed by atoms with Crippen LogP contribution in [0, 0.1) is 5.92 Å². The third kappa shape index (κ3) is 5.16. The monoisotopic (exact) mass is 402 g/mol. The fourth-order valence-corrected chi connectivity index (χ4v) is 3.12. The fraction of sp³-hybridized carbons (Fsp3) is 0.333. The second kappa shape index (κ2) is 8.97. The molecule has 7 heteroatoms. The summed E-state index contributed by atoms with van der Waals surface area (Å²) in [5, 5.41) is 6.10. The number of benzene rings is 2. The maximum atomic E-state index is 12.5. The van der Waals surface area contributed by atoms with E-state index >= 15 is 0 Å². The molecule has 2 amide bonds. The average molecular weight is 403 g/mol. The van der Waals surface area contributed by atoms with Crippen LogP contribution in [0.4, 0.5) is 5.69 Å². The fourth-order valence-electron chi connectivity index (χ4n) is 2.86. The Hall–Kier alpha value is -2.73. The van der Waals surface area contributed by atoms with E-state index in [0.717, 1.165) is 12.8 Å². The van der Waals surface area contributed by atoms with E-state index < -0.39 is 0 Å². The van der Waals surface area contributed by atoms with Gasteiger partial charge in [-0.3, -0.25) is 9.59 Å². The largest absolute Gasteiger partial charge is 0.495 e. The van der Waals surface area contributed by atoms with Gasteiger partial charge in [0.05, 0.1) is 17.7 Å². The second-order valence-electron chi connectivity index (χ2n) is 6.78. The number of para-hydroxylation sites is 1. The molecule has 0 aromatic heterocycles. The molecule has 1 atom stereocenters. The molecule has 1 fully saturated rings. The van der Waals surface area contributed by atoms with Crippen LogP contribution >= 0.6 is 11.6 Å². The summed E-state index contributed by atoms with van der Waals surface area (Å²) in [5.74, 6) is 0.890. The molecule has 2 aromatic carbocycles. The summed E-state index contributed by atoms with van der Waals surface area (Å²) in [6.45, 7) is 1.78. The van der Waals surface area contributed by atoms with Crippen molar-refractivity contribution in [1.82, 2.24) is 5.32 Å². The molecular weight excluding hydrogens is 380 g/mol. The van der Waals surface area contributed by atoms with Crippen LogP contribution in [0.15, 0.2) is 42.5 Å². The van der Waals surface area contributed by atoms with Crippen LogP contribution in [0.1, 0.15) is 30.1 Å². The number of hydrogen-bond acceptors (Lipinski definition) is 4. The number of amides is 2. The van der Waals surface area contributed by atoms with Crippen LogP contribution in [0.5, 0.6) is 11.5 Å². The molecule has 148 valence electrons. The lowest BCUT2D eigenvalue weighted by atomic mass is 10.1. The van der Waals surface area contributed by atoms with Crippen LogP contribution in [-0.2, 0) is 4.79 Å². The Morgan fingerprint density at radius 1 is 1.18 bits per heavy atom. The number of carbonyl (C=O) groups excluding carboxylic acids is 2. The van der Waals surface area contributed by atoms with Gasteiger partial charge in [-0.2, -0.15) is 0 Å². The van der Waals surface area contributed by atoms with Gasteiger partial charge in [0.2, 0.25) is 0 Å². The van der Waals surface area contributed by atoms with E-state index in [2.05, 4.69) is 10.6 Å². The summed E-state index contributed by atoms with van der Waals surface area (Å²) in [4.78, 5) is 24.7. The third-order valence-corrected chi connectivity index (χ3v) is 4.91. The first-order valence-electron chi connectivity index (χ1n) is 9.14.